The number of halogens is 2. The summed E-state index contributed by atoms with van der Waals surface area (Å²) in [5.41, 5.74) is 4.49. The minimum atomic E-state index is -0.529. The Morgan fingerprint density at radius 1 is 0.970 bits per heavy atom. The van der Waals surface area contributed by atoms with Gasteiger partial charge in [0, 0.05) is 5.02 Å². The van der Waals surface area contributed by atoms with Crippen LogP contribution >= 0.6 is 23.2 Å². The smallest absolute Gasteiger partial charge is 0.282 e. The molecule has 1 aliphatic rings. The quantitative estimate of drug-likeness (QED) is 0.360. The van der Waals surface area contributed by atoms with Crippen molar-refractivity contribution in [3.63, 3.8) is 0 Å². The minimum absolute atomic E-state index is 0.0357. The third-order valence-corrected chi connectivity index (χ3v) is 5.34. The molecule has 6 nitrogen and oxygen atoms in total. The summed E-state index contributed by atoms with van der Waals surface area (Å²) in [5.74, 6) is -0.211. The molecule has 0 atom stereocenters. The highest BCUT2D eigenvalue weighted by Gasteiger charge is 2.34. The first kappa shape index (κ1) is 22.7. The monoisotopic (exact) mass is 482 g/mol. The molecule has 3 aromatic carbocycles. The van der Waals surface area contributed by atoms with Crippen molar-refractivity contribution in [3.8, 4) is 11.5 Å². The maximum absolute atomic E-state index is 12.9. The lowest BCUT2D eigenvalue weighted by molar-refractivity contribution is -0.117. The van der Waals surface area contributed by atoms with E-state index in [1.165, 1.54) is 6.08 Å². The number of hydrogen-bond donors (Lipinski definition) is 1. The van der Waals surface area contributed by atoms with E-state index >= 15 is 0 Å². The van der Waals surface area contributed by atoms with Crippen molar-refractivity contribution < 1.29 is 19.1 Å². The molecule has 8 heteroatoms. The summed E-state index contributed by atoms with van der Waals surface area (Å²) in [6.07, 6.45) is 1.47. The van der Waals surface area contributed by atoms with E-state index in [1.807, 2.05) is 37.3 Å². The molecular formula is C25H20Cl2N2O4. The summed E-state index contributed by atoms with van der Waals surface area (Å²) in [5, 5.41) is 1.91. The van der Waals surface area contributed by atoms with Gasteiger partial charge in [0.15, 0.2) is 11.5 Å². The van der Waals surface area contributed by atoms with Gasteiger partial charge in [0.1, 0.15) is 12.2 Å². The lowest BCUT2D eigenvalue weighted by Gasteiger charge is -2.15. The van der Waals surface area contributed by atoms with Gasteiger partial charge in [-0.15, -0.1) is 0 Å². The zero-order chi connectivity index (χ0) is 23.4. The van der Waals surface area contributed by atoms with E-state index < -0.39 is 11.8 Å². The maximum Gasteiger partial charge on any atom is 0.282 e. The first-order chi connectivity index (χ1) is 16.0. The number of carbonyl (C=O) groups is 2. The Labute approximate surface area is 201 Å². The Hall–Kier alpha value is -3.48. The first-order valence-corrected chi connectivity index (χ1v) is 11.0. The van der Waals surface area contributed by atoms with E-state index in [4.69, 9.17) is 32.7 Å². The third-order valence-electron chi connectivity index (χ3n) is 4.83. The van der Waals surface area contributed by atoms with Crippen LogP contribution < -0.4 is 19.9 Å². The number of hydrogen-bond acceptors (Lipinski definition) is 4. The summed E-state index contributed by atoms with van der Waals surface area (Å²) in [6, 6.07) is 19.6. The van der Waals surface area contributed by atoms with Crippen molar-refractivity contribution in [2.45, 2.75) is 13.5 Å². The van der Waals surface area contributed by atoms with Crippen LogP contribution in [-0.4, -0.2) is 18.4 Å². The molecule has 1 heterocycles. The Morgan fingerprint density at radius 3 is 2.48 bits per heavy atom. The summed E-state index contributed by atoms with van der Waals surface area (Å²) >= 11 is 12.5. The lowest BCUT2D eigenvalue weighted by atomic mass is 10.1. The average molecular weight is 483 g/mol. The summed E-state index contributed by atoms with van der Waals surface area (Å²) < 4.78 is 11.6. The molecule has 1 aliphatic heterocycles. The predicted molar refractivity (Wildman–Crippen MR) is 128 cm³/mol. The fourth-order valence-corrected chi connectivity index (χ4v) is 3.78. The zero-order valence-corrected chi connectivity index (χ0v) is 19.2. The van der Waals surface area contributed by atoms with Crippen LogP contribution in [0.15, 0.2) is 72.3 Å². The molecule has 1 N–H and O–H groups in total. The van der Waals surface area contributed by atoms with Crippen molar-refractivity contribution in [1.29, 1.82) is 0 Å². The van der Waals surface area contributed by atoms with Crippen LogP contribution in [0.25, 0.3) is 6.08 Å². The third kappa shape index (κ3) is 5.13. The van der Waals surface area contributed by atoms with Crippen molar-refractivity contribution >= 4 is 46.8 Å². The number of nitrogens with zero attached hydrogens (tertiary/aromatic N) is 1. The Bertz CT molecular complexity index is 1230. The topological polar surface area (TPSA) is 67.9 Å². The molecule has 0 radical (unpaired) electrons. The number of anilines is 1. The lowest BCUT2D eigenvalue weighted by Crippen LogP contribution is -2.35. The van der Waals surface area contributed by atoms with E-state index in [0.717, 1.165) is 10.6 Å². The van der Waals surface area contributed by atoms with Crippen molar-refractivity contribution in [2.24, 2.45) is 0 Å². The van der Waals surface area contributed by atoms with Crippen LogP contribution in [0.1, 0.15) is 18.1 Å². The molecule has 0 bridgehead atoms. The van der Waals surface area contributed by atoms with Gasteiger partial charge in [-0.05, 0) is 54.5 Å². The molecule has 0 saturated carbocycles. The van der Waals surface area contributed by atoms with Crippen molar-refractivity contribution in [3.05, 3.63) is 93.5 Å². The van der Waals surface area contributed by atoms with Crippen molar-refractivity contribution in [1.82, 2.24) is 5.43 Å². The molecule has 3 aromatic rings. The molecule has 33 heavy (non-hydrogen) atoms. The van der Waals surface area contributed by atoms with Gasteiger partial charge in [-0.1, -0.05) is 59.6 Å². The molecule has 0 spiro atoms. The summed E-state index contributed by atoms with van der Waals surface area (Å²) in [7, 11) is 0. The van der Waals surface area contributed by atoms with Crippen molar-refractivity contribution in [2.75, 3.05) is 11.6 Å². The van der Waals surface area contributed by atoms with E-state index in [1.54, 1.807) is 36.4 Å². The normalized spacial score (nSPS) is 14.5. The average Bonchev–Trinajstić information content (AvgIpc) is 3.08. The highest BCUT2D eigenvalue weighted by molar-refractivity contribution is 6.34. The number of amides is 2. The van der Waals surface area contributed by atoms with Gasteiger partial charge in [-0.3, -0.25) is 15.0 Å². The van der Waals surface area contributed by atoms with Gasteiger partial charge in [-0.2, -0.15) is 0 Å². The van der Waals surface area contributed by atoms with Crippen LogP contribution in [0, 0.1) is 0 Å². The molecule has 1 saturated heterocycles. The SMILES string of the molecule is CCOc1cc(/C=C2/C(=O)NN(c3cccc(Cl)c3)C2=O)cc(Cl)c1OCc1ccccc1. The Balaban J connectivity index is 1.62. The number of nitrogens with one attached hydrogen (secondary N) is 1. The summed E-state index contributed by atoms with van der Waals surface area (Å²) in [6.45, 7) is 2.55. The molecule has 0 aliphatic carbocycles. The molecule has 4 rings (SSSR count). The molecule has 0 unspecified atom stereocenters. The van der Waals surface area contributed by atoms with Gasteiger partial charge in [0.05, 0.1) is 17.3 Å². The number of hydrazine groups is 1. The fraction of sp³-hybridized carbons (Fsp3) is 0.120. The van der Waals surface area contributed by atoms with E-state index in [-0.39, 0.29) is 5.57 Å². The highest BCUT2D eigenvalue weighted by atomic mass is 35.5. The first-order valence-electron chi connectivity index (χ1n) is 10.2. The van der Waals surface area contributed by atoms with E-state index in [2.05, 4.69) is 5.43 Å². The second kappa shape index (κ2) is 9.98. The number of ether oxygens (including phenoxy) is 2. The second-order valence-corrected chi connectivity index (χ2v) is 8.00. The van der Waals surface area contributed by atoms with Gasteiger partial charge >= 0.3 is 0 Å². The standard InChI is InChI=1S/C25H20Cl2N2O4/c1-2-32-22-13-17(12-21(27)23(22)33-15-16-7-4-3-5-8-16)11-20-24(30)28-29(25(20)31)19-10-6-9-18(26)14-19/h3-14H,2,15H2,1H3,(H,28,30)/b20-11-. The minimum Gasteiger partial charge on any atom is -0.490 e. The molecular weight excluding hydrogens is 463 g/mol. The van der Waals surface area contributed by atoms with Gasteiger partial charge in [0.25, 0.3) is 11.8 Å². The molecule has 1 fully saturated rings. The number of rotatable bonds is 7. The largest absolute Gasteiger partial charge is 0.490 e. The Kier molecular flexibility index (Phi) is 6.87. The number of benzene rings is 3. The predicted octanol–water partition coefficient (Wildman–Crippen LogP) is 5.43. The molecule has 2 amide bonds. The zero-order valence-electron chi connectivity index (χ0n) is 17.7. The van der Waals surface area contributed by atoms with Crippen LogP contribution in [0.5, 0.6) is 11.5 Å². The van der Waals surface area contributed by atoms with Crippen LogP contribution in [0.4, 0.5) is 5.69 Å². The van der Waals surface area contributed by atoms with Gasteiger partial charge in [-0.25, -0.2) is 5.01 Å². The highest BCUT2D eigenvalue weighted by Crippen LogP contribution is 2.38. The fourth-order valence-electron chi connectivity index (χ4n) is 3.33. The van der Waals surface area contributed by atoms with Crippen LogP contribution in [0.2, 0.25) is 10.0 Å². The molecule has 0 aromatic heterocycles. The number of carbonyl (C=O) groups excluding carboxylic acids is 2. The summed E-state index contributed by atoms with van der Waals surface area (Å²) in [4.78, 5) is 25.4. The van der Waals surface area contributed by atoms with Crippen LogP contribution in [0.3, 0.4) is 0 Å². The Morgan fingerprint density at radius 2 is 1.76 bits per heavy atom. The van der Waals surface area contributed by atoms with Gasteiger partial charge in [0.2, 0.25) is 0 Å². The molecule has 168 valence electrons. The second-order valence-electron chi connectivity index (χ2n) is 7.16. The maximum atomic E-state index is 12.9. The van der Waals surface area contributed by atoms with Gasteiger partial charge < -0.3 is 9.47 Å². The van der Waals surface area contributed by atoms with E-state index in [0.29, 0.717) is 46.0 Å². The van der Waals surface area contributed by atoms with E-state index in [9.17, 15) is 9.59 Å². The van der Waals surface area contributed by atoms with Crippen LogP contribution in [-0.2, 0) is 16.2 Å².